The third-order valence-electron chi connectivity index (χ3n) is 3.25. The van der Waals surface area contributed by atoms with Crippen LogP contribution < -0.4 is 15.2 Å². The topological polar surface area (TPSA) is 57.4 Å². The van der Waals surface area contributed by atoms with Gasteiger partial charge in [0.25, 0.3) is 0 Å². The summed E-state index contributed by atoms with van der Waals surface area (Å²) in [4.78, 5) is 4.33. The molecule has 4 nitrogen and oxygen atoms in total. The highest BCUT2D eigenvalue weighted by Crippen LogP contribution is 2.31. The van der Waals surface area contributed by atoms with Crippen LogP contribution in [-0.2, 0) is 6.54 Å². The van der Waals surface area contributed by atoms with Crippen molar-refractivity contribution in [3.63, 3.8) is 0 Å². The molecular formula is C17H16N2O2. The van der Waals surface area contributed by atoms with Crippen molar-refractivity contribution < 1.29 is 9.47 Å². The first-order valence-corrected chi connectivity index (χ1v) is 6.70. The van der Waals surface area contributed by atoms with Gasteiger partial charge in [0.1, 0.15) is 17.2 Å². The Hall–Kier alpha value is -2.59. The summed E-state index contributed by atoms with van der Waals surface area (Å²) in [6, 6.07) is 15.4. The quantitative estimate of drug-likeness (QED) is 0.794. The van der Waals surface area contributed by atoms with Crippen molar-refractivity contribution in [3.8, 4) is 17.2 Å². The largest absolute Gasteiger partial charge is 0.497 e. The van der Waals surface area contributed by atoms with Gasteiger partial charge in [0.15, 0.2) is 0 Å². The molecule has 0 aliphatic carbocycles. The normalized spacial score (nSPS) is 10.6. The number of fused-ring (bicyclic) bond motifs is 1. The molecule has 0 unspecified atom stereocenters. The fraction of sp³-hybridized carbons (Fsp3) is 0.118. The first-order valence-electron chi connectivity index (χ1n) is 6.70. The van der Waals surface area contributed by atoms with Crippen LogP contribution in [0.15, 0.2) is 54.7 Å². The molecule has 0 spiro atoms. The van der Waals surface area contributed by atoms with Crippen LogP contribution in [0.25, 0.3) is 10.9 Å². The zero-order valence-corrected chi connectivity index (χ0v) is 11.7. The Bertz CT molecular complexity index is 744. The molecule has 0 fully saturated rings. The highest BCUT2D eigenvalue weighted by molar-refractivity contribution is 5.84. The second-order valence-corrected chi connectivity index (χ2v) is 4.65. The number of hydrogen-bond donors (Lipinski definition) is 1. The fourth-order valence-electron chi connectivity index (χ4n) is 2.21. The van der Waals surface area contributed by atoms with Crippen molar-refractivity contribution in [2.75, 3.05) is 7.11 Å². The van der Waals surface area contributed by atoms with E-state index in [4.69, 9.17) is 15.2 Å². The number of rotatable bonds is 4. The van der Waals surface area contributed by atoms with E-state index in [1.807, 2.05) is 48.5 Å². The third-order valence-corrected chi connectivity index (χ3v) is 3.25. The van der Waals surface area contributed by atoms with E-state index < -0.39 is 0 Å². The predicted molar refractivity (Wildman–Crippen MR) is 82.7 cm³/mol. The second-order valence-electron chi connectivity index (χ2n) is 4.65. The minimum absolute atomic E-state index is 0.435. The lowest BCUT2D eigenvalue weighted by Crippen LogP contribution is -1.98. The minimum Gasteiger partial charge on any atom is -0.497 e. The van der Waals surface area contributed by atoms with Crippen LogP contribution in [0.5, 0.6) is 17.2 Å². The summed E-state index contributed by atoms with van der Waals surface area (Å²) in [6.07, 6.45) is 1.74. The molecule has 3 rings (SSSR count). The molecule has 1 aromatic heterocycles. The molecule has 106 valence electrons. The van der Waals surface area contributed by atoms with Crippen LogP contribution in [0, 0.1) is 0 Å². The van der Waals surface area contributed by atoms with Gasteiger partial charge in [0.05, 0.1) is 12.6 Å². The van der Waals surface area contributed by atoms with Gasteiger partial charge in [-0.2, -0.15) is 0 Å². The Kier molecular flexibility index (Phi) is 3.71. The van der Waals surface area contributed by atoms with E-state index in [9.17, 15) is 0 Å². The zero-order valence-electron chi connectivity index (χ0n) is 11.7. The molecular weight excluding hydrogens is 264 g/mol. The van der Waals surface area contributed by atoms with Gasteiger partial charge in [-0.1, -0.05) is 12.1 Å². The average Bonchev–Trinajstić information content (AvgIpc) is 2.55. The van der Waals surface area contributed by atoms with Gasteiger partial charge in [-0.3, -0.25) is 4.98 Å². The maximum atomic E-state index is 6.00. The summed E-state index contributed by atoms with van der Waals surface area (Å²) in [5.41, 5.74) is 7.57. The Labute approximate surface area is 123 Å². The van der Waals surface area contributed by atoms with E-state index in [-0.39, 0.29) is 0 Å². The summed E-state index contributed by atoms with van der Waals surface area (Å²) in [7, 11) is 1.63. The van der Waals surface area contributed by atoms with E-state index in [2.05, 4.69) is 4.98 Å². The fourth-order valence-corrected chi connectivity index (χ4v) is 2.21. The molecule has 3 aromatic rings. The molecule has 2 aromatic carbocycles. The molecule has 0 aliphatic heterocycles. The van der Waals surface area contributed by atoms with Crippen molar-refractivity contribution in [1.82, 2.24) is 4.98 Å². The summed E-state index contributed by atoms with van der Waals surface area (Å²) >= 11 is 0. The highest BCUT2D eigenvalue weighted by Gasteiger charge is 2.06. The Balaban J connectivity index is 2.02. The molecule has 0 radical (unpaired) electrons. The zero-order chi connectivity index (χ0) is 14.7. The Morgan fingerprint density at radius 2 is 1.86 bits per heavy atom. The van der Waals surface area contributed by atoms with E-state index in [1.54, 1.807) is 13.3 Å². The second kappa shape index (κ2) is 5.81. The third kappa shape index (κ3) is 2.80. The van der Waals surface area contributed by atoms with Gasteiger partial charge in [-0.05, 0) is 35.9 Å². The average molecular weight is 280 g/mol. The first kappa shape index (κ1) is 13.4. The van der Waals surface area contributed by atoms with Crippen LogP contribution in [0.2, 0.25) is 0 Å². The molecule has 2 N–H and O–H groups in total. The Morgan fingerprint density at radius 1 is 1.05 bits per heavy atom. The van der Waals surface area contributed by atoms with E-state index >= 15 is 0 Å². The van der Waals surface area contributed by atoms with Crippen LogP contribution in [-0.4, -0.2) is 12.1 Å². The number of aromatic nitrogens is 1. The van der Waals surface area contributed by atoms with Crippen molar-refractivity contribution >= 4 is 10.9 Å². The van der Waals surface area contributed by atoms with Crippen molar-refractivity contribution in [2.24, 2.45) is 5.73 Å². The van der Waals surface area contributed by atoms with Crippen LogP contribution >= 0.6 is 0 Å². The first-order chi connectivity index (χ1) is 10.3. The van der Waals surface area contributed by atoms with Gasteiger partial charge in [0, 0.05) is 24.2 Å². The number of nitrogens with zero attached hydrogens (tertiary/aromatic N) is 1. The van der Waals surface area contributed by atoms with Gasteiger partial charge >= 0.3 is 0 Å². The maximum absolute atomic E-state index is 6.00. The molecule has 0 atom stereocenters. The molecule has 4 heteroatoms. The number of benzene rings is 2. The predicted octanol–water partition coefficient (Wildman–Crippen LogP) is 3.49. The van der Waals surface area contributed by atoms with E-state index in [0.717, 1.165) is 28.0 Å². The summed E-state index contributed by atoms with van der Waals surface area (Å²) < 4.78 is 11.3. The van der Waals surface area contributed by atoms with Gasteiger partial charge < -0.3 is 15.2 Å². The number of para-hydroxylation sites is 1. The maximum Gasteiger partial charge on any atom is 0.138 e. The van der Waals surface area contributed by atoms with Crippen molar-refractivity contribution in [2.45, 2.75) is 6.54 Å². The molecule has 0 amide bonds. The summed E-state index contributed by atoms with van der Waals surface area (Å²) in [6.45, 7) is 0.435. The lowest BCUT2D eigenvalue weighted by atomic mass is 10.2. The molecule has 0 bridgehead atoms. The summed E-state index contributed by atoms with van der Waals surface area (Å²) in [5.74, 6) is 2.19. The van der Waals surface area contributed by atoms with Gasteiger partial charge in [0.2, 0.25) is 0 Å². The molecule has 21 heavy (non-hydrogen) atoms. The number of nitrogens with two attached hydrogens (primary N) is 1. The van der Waals surface area contributed by atoms with Crippen molar-refractivity contribution in [3.05, 3.63) is 60.3 Å². The van der Waals surface area contributed by atoms with E-state index in [1.165, 1.54) is 0 Å². The smallest absolute Gasteiger partial charge is 0.138 e. The highest BCUT2D eigenvalue weighted by atomic mass is 16.5. The SMILES string of the molecule is COc1cc(CN)cc(Oc2ccnc3ccccc23)c1. The minimum atomic E-state index is 0.435. The van der Waals surface area contributed by atoms with E-state index in [0.29, 0.717) is 12.3 Å². The number of pyridine rings is 1. The molecule has 0 saturated carbocycles. The summed E-state index contributed by atoms with van der Waals surface area (Å²) in [5, 5.41) is 0.970. The number of hydrogen-bond acceptors (Lipinski definition) is 4. The molecule has 0 aliphatic rings. The molecule has 0 saturated heterocycles. The standard InChI is InChI=1S/C17H16N2O2/c1-20-13-8-12(11-18)9-14(10-13)21-17-6-7-19-16-5-3-2-4-15(16)17/h2-10H,11,18H2,1H3. The Morgan fingerprint density at radius 3 is 2.67 bits per heavy atom. The van der Waals surface area contributed by atoms with Gasteiger partial charge in [-0.15, -0.1) is 0 Å². The number of methoxy groups -OCH3 is 1. The lowest BCUT2D eigenvalue weighted by Gasteiger charge is -2.11. The van der Waals surface area contributed by atoms with Crippen molar-refractivity contribution in [1.29, 1.82) is 0 Å². The molecule has 1 heterocycles. The van der Waals surface area contributed by atoms with Crippen LogP contribution in [0.3, 0.4) is 0 Å². The lowest BCUT2D eigenvalue weighted by molar-refractivity contribution is 0.408. The monoisotopic (exact) mass is 280 g/mol. The van der Waals surface area contributed by atoms with Gasteiger partial charge in [-0.25, -0.2) is 0 Å². The van der Waals surface area contributed by atoms with Crippen LogP contribution in [0.4, 0.5) is 0 Å². The number of ether oxygens (including phenoxy) is 2. The van der Waals surface area contributed by atoms with Crippen LogP contribution in [0.1, 0.15) is 5.56 Å².